The summed E-state index contributed by atoms with van der Waals surface area (Å²) in [6.45, 7) is 4.56. The Morgan fingerprint density at radius 3 is 2.36 bits per heavy atom. The number of carbonyl (C=O) groups is 1. The number of benzene rings is 3. The lowest BCUT2D eigenvalue weighted by Gasteiger charge is -2.11. The number of nitrogens with one attached hydrogen (secondary N) is 1. The SMILES string of the molecule is CCCn1c(=NC(=O)c2ccccc2NS(=O)(=O)c2ccc(C)cc2)sc2cc(OC)c(OC)cc21. The van der Waals surface area contributed by atoms with Crippen LogP contribution in [0.3, 0.4) is 0 Å². The lowest BCUT2D eigenvalue weighted by molar-refractivity contribution is 0.0998. The second kappa shape index (κ2) is 10.5. The summed E-state index contributed by atoms with van der Waals surface area (Å²) in [5, 5.41) is 0. The summed E-state index contributed by atoms with van der Waals surface area (Å²) < 4.78 is 42.1. The van der Waals surface area contributed by atoms with Gasteiger partial charge in [-0.25, -0.2) is 8.42 Å². The lowest BCUT2D eigenvalue weighted by Crippen LogP contribution is -2.18. The van der Waals surface area contributed by atoms with Gasteiger partial charge < -0.3 is 14.0 Å². The molecule has 10 heteroatoms. The van der Waals surface area contributed by atoms with Crippen LogP contribution in [0.15, 0.2) is 70.6 Å². The van der Waals surface area contributed by atoms with E-state index in [0.29, 0.717) is 22.8 Å². The van der Waals surface area contributed by atoms with Gasteiger partial charge in [-0.1, -0.05) is 48.1 Å². The molecule has 1 amide bonds. The molecular weight excluding hydrogens is 498 g/mol. The molecule has 0 unspecified atom stereocenters. The van der Waals surface area contributed by atoms with Crippen molar-refractivity contribution in [3.63, 3.8) is 0 Å². The van der Waals surface area contributed by atoms with Crippen LogP contribution in [0.2, 0.25) is 0 Å². The van der Waals surface area contributed by atoms with Gasteiger partial charge in [0.1, 0.15) is 0 Å². The molecule has 188 valence electrons. The first-order chi connectivity index (χ1) is 17.3. The molecule has 8 nitrogen and oxygen atoms in total. The number of aromatic nitrogens is 1. The van der Waals surface area contributed by atoms with Gasteiger partial charge in [-0.2, -0.15) is 4.99 Å². The third kappa shape index (κ3) is 5.14. The Balaban J connectivity index is 1.77. The van der Waals surface area contributed by atoms with Crippen LogP contribution in [-0.2, 0) is 16.6 Å². The van der Waals surface area contributed by atoms with Gasteiger partial charge in [0.15, 0.2) is 16.3 Å². The van der Waals surface area contributed by atoms with E-state index >= 15 is 0 Å². The molecule has 0 radical (unpaired) electrons. The molecule has 0 aliphatic rings. The van der Waals surface area contributed by atoms with Gasteiger partial charge in [-0.05, 0) is 37.6 Å². The summed E-state index contributed by atoms with van der Waals surface area (Å²) in [7, 11) is -0.743. The maximum Gasteiger partial charge on any atom is 0.281 e. The van der Waals surface area contributed by atoms with E-state index in [1.165, 1.54) is 23.5 Å². The molecule has 0 fully saturated rings. The van der Waals surface area contributed by atoms with Crippen LogP contribution < -0.4 is 19.0 Å². The third-order valence-corrected chi connectivity index (χ3v) is 7.99. The fourth-order valence-electron chi connectivity index (χ4n) is 3.75. The molecule has 0 bridgehead atoms. The molecule has 1 heterocycles. The van der Waals surface area contributed by atoms with Crippen molar-refractivity contribution >= 4 is 43.2 Å². The fourth-order valence-corrected chi connectivity index (χ4v) is 5.89. The number of para-hydroxylation sites is 1. The Labute approximate surface area is 213 Å². The highest BCUT2D eigenvalue weighted by Gasteiger charge is 2.19. The van der Waals surface area contributed by atoms with E-state index in [-0.39, 0.29) is 16.1 Å². The van der Waals surface area contributed by atoms with Crippen LogP contribution in [0.5, 0.6) is 11.5 Å². The number of thiazole rings is 1. The molecule has 0 spiro atoms. The number of anilines is 1. The normalized spacial score (nSPS) is 12.1. The Kier molecular flexibility index (Phi) is 7.46. The number of ether oxygens (including phenoxy) is 2. The standard InChI is InChI=1S/C26H27N3O5S2/c1-5-14-29-21-15-22(33-3)23(34-4)16-24(21)35-26(29)27-25(30)19-8-6-7-9-20(19)28-36(31,32)18-12-10-17(2)11-13-18/h6-13,15-16,28H,5,14H2,1-4H3. The van der Waals surface area contributed by atoms with E-state index in [2.05, 4.69) is 9.71 Å². The van der Waals surface area contributed by atoms with Gasteiger partial charge in [-0.3, -0.25) is 9.52 Å². The lowest BCUT2D eigenvalue weighted by atomic mass is 10.2. The van der Waals surface area contributed by atoms with Gasteiger partial charge in [-0.15, -0.1) is 0 Å². The van der Waals surface area contributed by atoms with Crippen molar-refractivity contribution < 1.29 is 22.7 Å². The van der Waals surface area contributed by atoms with Crippen molar-refractivity contribution in [3.05, 3.63) is 76.6 Å². The number of nitrogens with zero attached hydrogens (tertiary/aromatic N) is 2. The quantitative estimate of drug-likeness (QED) is 0.350. The highest BCUT2D eigenvalue weighted by Crippen LogP contribution is 2.33. The molecule has 0 saturated heterocycles. The Hall–Kier alpha value is -3.63. The molecule has 0 saturated carbocycles. The zero-order valence-electron chi connectivity index (χ0n) is 20.4. The first kappa shape index (κ1) is 25.5. The zero-order valence-corrected chi connectivity index (χ0v) is 22.1. The summed E-state index contributed by atoms with van der Waals surface area (Å²) in [5.74, 6) is 0.623. The molecule has 1 aromatic heterocycles. The second-order valence-electron chi connectivity index (χ2n) is 8.09. The predicted molar refractivity (Wildman–Crippen MR) is 142 cm³/mol. The van der Waals surface area contributed by atoms with E-state index in [1.807, 2.05) is 30.5 Å². The van der Waals surface area contributed by atoms with Gasteiger partial charge in [0.05, 0.1) is 40.6 Å². The third-order valence-electron chi connectivity index (χ3n) is 5.57. The minimum Gasteiger partial charge on any atom is -0.493 e. The van der Waals surface area contributed by atoms with Crippen molar-refractivity contribution in [2.45, 2.75) is 31.7 Å². The number of sulfonamides is 1. The molecule has 0 aliphatic heterocycles. The Morgan fingerprint density at radius 2 is 1.69 bits per heavy atom. The molecule has 4 aromatic rings. The number of hydrogen-bond acceptors (Lipinski definition) is 6. The maximum atomic E-state index is 13.3. The topological polar surface area (TPSA) is 99.0 Å². The highest BCUT2D eigenvalue weighted by atomic mass is 32.2. The van der Waals surface area contributed by atoms with Crippen molar-refractivity contribution in [1.82, 2.24) is 4.57 Å². The molecule has 1 N–H and O–H groups in total. The van der Waals surface area contributed by atoms with Crippen LogP contribution in [0.1, 0.15) is 29.3 Å². The number of carbonyl (C=O) groups excluding carboxylic acids is 1. The largest absolute Gasteiger partial charge is 0.493 e. The van der Waals surface area contributed by atoms with Crippen molar-refractivity contribution in [2.24, 2.45) is 4.99 Å². The van der Waals surface area contributed by atoms with E-state index in [9.17, 15) is 13.2 Å². The number of aryl methyl sites for hydroxylation is 2. The predicted octanol–water partition coefficient (Wildman–Crippen LogP) is 4.98. The molecule has 36 heavy (non-hydrogen) atoms. The first-order valence-corrected chi connectivity index (χ1v) is 13.6. The summed E-state index contributed by atoms with van der Waals surface area (Å²) >= 11 is 1.35. The van der Waals surface area contributed by atoms with Gasteiger partial charge in [0.2, 0.25) is 0 Å². The summed E-state index contributed by atoms with van der Waals surface area (Å²) in [4.78, 5) is 18.3. The summed E-state index contributed by atoms with van der Waals surface area (Å²) in [6, 6.07) is 16.7. The summed E-state index contributed by atoms with van der Waals surface area (Å²) in [5.41, 5.74) is 2.14. The second-order valence-corrected chi connectivity index (χ2v) is 10.8. The van der Waals surface area contributed by atoms with Crippen molar-refractivity contribution in [2.75, 3.05) is 18.9 Å². The Bertz CT molecular complexity index is 1590. The number of hydrogen-bond donors (Lipinski definition) is 1. The molecular formula is C26H27N3O5S2. The number of amides is 1. The molecule has 0 aliphatic carbocycles. The first-order valence-electron chi connectivity index (χ1n) is 11.3. The number of rotatable bonds is 8. The van der Waals surface area contributed by atoms with E-state index in [0.717, 1.165) is 22.2 Å². The average Bonchev–Trinajstić information content (AvgIpc) is 3.19. The van der Waals surface area contributed by atoms with Crippen LogP contribution in [0, 0.1) is 6.92 Å². The number of fused-ring (bicyclic) bond motifs is 1. The van der Waals surface area contributed by atoms with Gasteiger partial charge in [0, 0.05) is 18.7 Å². The van der Waals surface area contributed by atoms with Crippen LogP contribution in [0.25, 0.3) is 10.2 Å². The highest BCUT2D eigenvalue weighted by molar-refractivity contribution is 7.92. The van der Waals surface area contributed by atoms with Gasteiger partial charge >= 0.3 is 0 Å². The maximum absolute atomic E-state index is 13.3. The molecule has 0 atom stereocenters. The van der Waals surface area contributed by atoms with E-state index in [4.69, 9.17) is 9.47 Å². The monoisotopic (exact) mass is 525 g/mol. The fraction of sp³-hybridized carbons (Fsp3) is 0.231. The van der Waals surface area contributed by atoms with Crippen LogP contribution in [0.4, 0.5) is 5.69 Å². The zero-order chi connectivity index (χ0) is 25.9. The van der Waals surface area contributed by atoms with Crippen LogP contribution >= 0.6 is 11.3 Å². The minimum absolute atomic E-state index is 0.112. The Morgan fingerprint density at radius 1 is 1.03 bits per heavy atom. The molecule has 3 aromatic carbocycles. The van der Waals surface area contributed by atoms with Crippen molar-refractivity contribution in [1.29, 1.82) is 0 Å². The van der Waals surface area contributed by atoms with Crippen LogP contribution in [-0.4, -0.2) is 33.1 Å². The van der Waals surface area contributed by atoms with Crippen molar-refractivity contribution in [3.8, 4) is 11.5 Å². The van der Waals surface area contributed by atoms with E-state index in [1.54, 1.807) is 50.6 Å². The minimum atomic E-state index is -3.89. The smallest absolute Gasteiger partial charge is 0.281 e. The average molecular weight is 526 g/mol. The molecule has 4 rings (SSSR count). The number of methoxy groups -OCH3 is 2. The van der Waals surface area contributed by atoms with E-state index < -0.39 is 15.9 Å². The van der Waals surface area contributed by atoms with Gasteiger partial charge in [0.25, 0.3) is 15.9 Å². The summed E-state index contributed by atoms with van der Waals surface area (Å²) in [6.07, 6.45) is 0.828.